The molecule has 0 saturated carbocycles. The summed E-state index contributed by atoms with van der Waals surface area (Å²) in [6.45, 7) is 5.09. The van der Waals surface area contributed by atoms with Crippen molar-refractivity contribution in [1.82, 2.24) is 4.98 Å². The van der Waals surface area contributed by atoms with Crippen molar-refractivity contribution in [3.8, 4) is 16.9 Å². The number of methoxy groups -OCH3 is 1. The van der Waals surface area contributed by atoms with E-state index in [1.807, 2.05) is 0 Å². The average Bonchev–Trinajstić information content (AvgIpc) is 2.75. The van der Waals surface area contributed by atoms with Crippen LogP contribution in [0.1, 0.15) is 27.2 Å². The fraction of sp³-hybridized carbons (Fsp3) is 0.130. The van der Waals surface area contributed by atoms with E-state index < -0.39 is 23.2 Å². The maximum absolute atomic E-state index is 14.1. The molecule has 0 aliphatic heterocycles. The lowest BCUT2D eigenvalue weighted by Crippen LogP contribution is -2.14. The van der Waals surface area contributed by atoms with Crippen LogP contribution in [0.15, 0.2) is 52.2 Å². The number of ether oxygens (including phenoxy) is 2. The third kappa shape index (κ3) is 4.59. The number of aryl methyl sites for hydroxylation is 1. The molecule has 0 bridgehead atoms. The van der Waals surface area contributed by atoms with Gasteiger partial charge in [0.05, 0.1) is 12.7 Å². The van der Waals surface area contributed by atoms with Crippen molar-refractivity contribution < 1.29 is 23.0 Å². The Morgan fingerprint density at radius 2 is 1.97 bits per heavy atom. The van der Waals surface area contributed by atoms with Gasteiger partial charge in [-0.15, -0.1) is 0 Å². The third-order valence-electron chi connectivity index (χ3n) is 4.64. The number of halogens is 3. The number of esters is 1. The van der Waals surface area contributed by atoms with Gasteiger partial charge in [-0.05, 0) is 46.6 Å². The fourth-order valence-corrected chi connectivity index (χ4v) is 3.52. The molecule has 0 saturated heterocycles. The lowest BCUT2D eigenvalue weighted by Gasteiger charge is -2.18. The van der Waals surface area contributed by atoms with Gasteiger partial charge in [0, 0.05) is 28.5 Å². The van der Waals surface area contributed by atoms with E-state index in [-0.39, 0.29) is 28.0 Å². The second kappa shape index (κ2) is 9.26. The molecule has 1 aromatic heterocycles. The van der Waals surface area contributed by atoms with E-state index >= 15 is 0 Å². The zero-order chi connectivity index (χ0) is 22.7. The molecule has 2 aromatic carbocycles. The van der Waals surface area contributed by atoms with Crippen LogP contribution in [0.3, 0.4) is 0 Å². The lowest BCUT2D eigenvalue weighted by atomic mass is 9.95. The molecule has 3 rings (SSSR count). The van der Waals surface area contributed by atoms with E-state index in [1.54, 1.807) is 31.2 Å². The van der Waals surface area contributed by atoms with Crippen LogP contribution in [0.2, 0.25) is 0 Å². The second-order valence-electron chi connectivity index (χ2n) is 6.62. The number of hydrogen-bond donors (Lipinski definition) is 1. The highest BCUT2D eigenvalue weighted by Crippen LogP contribution is 2.39. The number of carbonyl (C=O) groups is 1. The van der Waals surface area contributed by atoms with Crippen molar-refractivity contribution in [1.29, 1.82) is 0 Å². The zero-order valence-corrected chi connectivity index (χ0v) is 18.3. The summed E-state index contributed by atoms with van der Waals surface area (Å²) in [5, 5.41) is 0. The lowest BCUT2D eigenvalue weighted by molar-refractivity contribution is 0.0601. The standard InChI is InChI=1S/C23H18BrF2NO4/c1-4-13-5-8-16(17(9-13)23(29)30-3)19-12(2)27-22(28)20(24)21(19)31-11-14-6-7-15(25)10-18(14)26/h4-10H,1,11H2,2-3H3,(H,27,28). The summed E-state index contributed by atoms with van der Waals surface area (Å²) in [6.07, 6.45) is 1.58. The van der Waals surface area contributed by atoms with Gasteiger partial charge in [-0.1, -0.05) is 24.8 Å². The molecule has 1 N–H and O–H groups in total. The molecule has 0 amide bonds. The maximum atomic E-state index is 14.1. The number of aromatic amines is 1. The van der Waals surface area contributed by atoms with Crippen LogP contribution in [0, 0.1) is 18.6 Å². The van der Waals surface area contributed by atoms with Crippen LogP contribution < -0.4 is 10.3 Å². The monoisotopic (exact) mass is 489 g/mol. The van der Waals surface area contributed by atoms with Crippen LogP contribution in [-0.4, -0.2) is 18.1 Å². The number of pyridine rings is 1. The van der Waals surface area contributed by atoms with Crippen molar-refractivity contribution in [3.05, 3.63) is 91.8 Å². The first-order valence-corrected chi connectivity index (χ1v) is 9.90. The Balaban J connectivity index is 2.18. The summed E-state index contributed by atoms with van der Waals surface area (Å²) in [6, 6.07) is 8.16. The minimum atomic E-state index is -0.773. The summed E-state index contributed by atoms with van der Waals surface area (Å²) in [7, 11) is 1.26. The first-order valence-electron chi connectivity index (χ1n) is 9.11. The Morgan fingerprint density at radius 3 is 2.61 bits per heavy atom. The van der Waals surface area contributed by atoms with E-state index in [0.29, 0.717) is 22.4 Å². The second-order valence-corrected chi connectivity index (χ2v) is 7.42. The minimum Gasteiger partial charge on any atom is -0.487 e. The number of aromatic nitrogens is 1. The Bertz CT molecular complexity index is 1240. The first-order chi connectivity index (χ1) is 14.8. The highest BCUT2D eigenvalue weighted by Gasteiger charge is 2.23. The fourth-order valence-electron chi connectivity index (χ4n) is 3.11. The van der Waals surface area contributed by atoms with Crippen molar-refractivity contribution in [2.24, 2.45) is 0 Å². The molecule has 0 atom stereocenters. The van der Waals surface area contributed by atoms with Crippen LogP contribution in [0.4, 0.5) is 8.78 Å². The molecule has 0 fully saturated rings. The molecule has 3 aromatic rings. The summed E-state index contributed by atoms with van der Waals surface area (Å²) in [5.74, 6) is -1.96. The van der Waals surface area contributed by atoms with Gasteiger partial charge in [-0.25, -0.2) is 13.6 Å². The number of rotatable bonds is 6. The minimum absolute atomic E-state index is 0.0687. The Labute approximate surface area is 185 Å². The van der Waals surface area contributed by atoms with Crippen LogP contribution in [0.25, 0.3) is 17.2 Å². The molecule has 0 aliphatic carbocycles. The van der Waals surface area contributed by atoms with Crippen molar-refractivity contribution in [2.75, 3.05) is 7.11 Å². The molecule has 0 aliphatic rings. The highest BCUT2D eigenvalue weighted by atomic mass is 79.9. The third-order valence-corrected chi connectivity index (χ3v) is 5.36. The predicted molar refractivity (Wildman–Crippen MR) is 117 cm³/mol. The number of nitrogens with one attached hydrogen (secondary N) is 1. The van der Waals surface area contributed by atoms with Crippen molar-refractivity contribution in [3.63, 3.8) is 0 Å². The van der Waals surface area contributed by atoms with Gasteiger partial charge in [0.1, 0.15) is 28.5 Å². The number of H-pyrrole nitrogens is 1. The Kier molecular flexibility index (Phi) is 6.70. The molecule has 0 spiro atoms. The SMILES string of the molecule is C=Cc1ccc(-c2c(C)[nH]c(=O)c(Br)c2OCc2ccc(F)cc2F)c(C(=O)OC)c1. The summed E-state index contributed by atoms with van der Waals surface area (Å²) < 4.78 is 38.0. The average molecular weight is 490 g/mol. The van der Waals surface area contributed by atoms with E-state index in [4.69, 9.17) is 9.47 Å². The molecule has 31 heavy (non-hydrogen) atoms. The van der Waals surface area contributed by atoms with Crippen LogP contribution in [0.5, 0.6) is 5.75 Å². The molecule has 8 heteroatoms. The van der Waals surface area contributed by atoms with Gasteiger partial charge in [-0.3, -0.25) is 4.79 Å². The molecule has 0 radical (unpaired) electrons. The normalized spacial score (nSPS) is 10.6. The molecule has 5 nitrogen and oxygen atoms in total. The van der Waals surface area contributed by atoms with E-state index in [9.17, 15) is 18.4 Å². The predicted octanol–water partition coefficient (Wildman–Crippen LogP) is 5.40. The van der Waals surface area contributed by atoms with E-state index in [2.05, 4.69) is 27.5 Å². The summed E-state index contributed by atoms with van der Waals surface area (Å²) >= 11 is 3.22. The topological polar surface area (TPSA) is 68.4 Å². The van der Waals surface area contributed by atoms with Gasteiger partial charge >= 0.3 is 5.97 Å². The zero-order valence-electron chi connectivity index (χ0n) is 16.7. The highest BCUT2D eigenvalue weighted by molar-refractivity contribution is 9.10. The van der Waals surface area contributed by atoms with Crippen molar-refractivity contribution in [2.45, 2.75) is 13.5 Å². The largest absolute Gasteiger partial charge is 0.487 e. The molecular weight excluding hydrogens is 472 g/mol. The smallest absolute Gasteiger partial charge is 0.338 e. The van der Waals surface area contributed by atoms with Gasteiger partial charge in [0.25, 0.3) is 5.56 Å². The maximum Gasteiger partial charge on any atom is 0.338 e. The molecule has 160 valence electrons. The van der Waals surface area contributed by atoms with Crippen LogP contribution >= 0.6 is 15.9 Å². The summed E-state index contributed by atoms with van der Waals surface area (Å²) in [4.78, 5) is 27.5. The number of carbonyl (C=O) groups excluding carboxylic acids is 1. The van der Waals surface area contributed by atoms with Gasteiger partial charge < -0.3 is 14.5 Å². The molecule has 1 heterocycles. The van der Waals surface area contributed by atoms with E-state index in [0.717, 1.165) is 12.1 Å². The Hall–Kier alpha value is -3.26. The van der Waals surface area contributed by atoms with Gasteiger partial charge in [0.2, 0.25) is 0 Å². The first kappa shape index (κ1) is 22.4. The number of benzene rings is 2. The van der Waals surface area contributed by atoms with Crippen molar-refractivity contribution >= 4 is 28.0 Å². The number of hydrogen-bond acceptors (Lipinski definition) is 4. The quantitative estimate of drug-likeness (QED) is 0.470. The van der Waals surface area contributed by atoms with Gasteiger partial charge in [0.15, 0.2) is 0 Å². The summed E-state index contributed by atoms with van der Waals surface area (Å²) in [5.41, 5.74) is 1.87. The molecule has 0 unspecified atom stereocenters. The van der Waals surface area contributed by atoms with Crippen LogP contribution in [-0.2, 0) is 11.3 Å². The van der Waals surface area contributed by atoms with Gasteiger partial charge in [-0.2, -0.15) is 0 Å². The van der Waals surface area contributed by atoms with E-state index in [1.165, 1.54) is 13.2 Å². The Morgan fingerprint density at radius 1 is 1.23 bits per heavy atom. The molecular formula is C23H18BrF2NO4.